The van der Waals surface area contributed by atoms with Crippen molar-refractivity contribution >= 4 is 33.3 Å². The van der Waals surface area contributed by atoms with Crippen molar-refractivity contribution in [1.29, 1.82) is 0 Å². The summed E-state index contributed by atoms with van der Waals surface area (Å²) in [6, 6.07) is 2.74. The van der Waals surface area contributed by atoms with E-state index in [0.29, 0.717) is 12.0 Å². The fraction of sp³-hybridized carbons (Fsp3) is 0.538. The number of nitrogens with one attached hydrogen (secondary N) is 1. The van der Waals surface area contributed by atoms with E-state index in [1.54, 1.807) is 11.3 Å². The molecule has 0 bridgehead atoms. The molecule has 2 aromatic heterocycles. The molecule has 0 radical (unpaired) electrons. The molecule has 1 fully saturated rings. The van der Waals surface area contributed by atoms with Gasteiger partial charge in [-0.2, -0.15) is 4.98 Å². The first-order chi connectivity index (χ1) is 9.19. The van der Waals surface area contributed by atoms with Gasteiger partial charge in [0.2, 0.25) is 5.95 Å². The Hall–Kier alpha value is -1.40. The molecule has 3 rings (SSSR count). The van der Waals surface area contributed by atoms with Gasteiger partial charge >= 0.3 is 0 Å². The Kier molecular flexibility index (Phi) is 3.28. The summed E-state index contributed by atoms with van der Waals surface area (Å²) < 4.78 is 0. The Balaban J connectivity index is 1.98. The van der Waals surface area contributed by atoms with Gasteiger partial charge in [0, 0.05) is 26.2 Å². The number of hydrogen-bond acceptors (Lipinski definition) is 6. The highest BCUT2D eigenvalue weighted by Gasteiger charge is 2.26. The van der Waals surface area contributed by atoms with Gasteiger partial charge in [0.25, 0.3) is 0 Å². The van der Waals surface area contributed by atoms with Crippen LogP contribution in [0.4, 0.5) is 11.8 Å². The average Bonchev–Trinajstić information content (AvgIpc) is 3.06. The van der Waals surface area contributed by atoms with Gasteiger partial charge in [-0.15, -0.1) is 11.3 Å². The summed E-state index contributed by atoms with van der Waals surface area (Å²) in [5.41, 5.74) is 0. The summed E-state index contributed by atoms with van der Waals surface area (Å²) in [6.45, 7) is 2.10. The molecule has 1 saturated heterocycles. The van der Waals surface area contributed by atoms with Crippen molar-refractivity contribution in [2.45, 2.75) is 12.5 Å². The topological polar surface area (TPSA) is 44.3 Å². The number of rotatable bonds is 3. The molecule has 6 heteroatoms. The molecule has 19 heavy (non-hydrogen) atoms. The Labute approximate surface area is 117 Å². The van der Waals surface area contributed by atoms with Crippen molar-refractivity contribution in [3.05, 3.63) is 11.4 Å². The summed E-state index contributed by atoms with van der Waals surface area (Å²) in [5.74, 6) is 1.78. The summed E-state index contributed by atoms with van der Waals surface area (Å²) in [7, 11) is 6.16. The molecule has 5 nitrogen and oxygen atoms in total. The monoisotopic (exact) mass is 277 g/mol. The third-order valence-corrected chi connectivity index (χ3v) is 4.53. The maximum Gasteiger partial charge on any atom is 0.225 e. The highest BCUT2D eigenvalue weighted by Crippen LogP contribution is 2.31. The number of aromatic nitrogens is 2. The van der Waals surface area contributed by atoms with Crippen molar-refractivity contribution in [2.24, 2.45) is 0 Å². The zero-order valence-electron chi connectivity index (χ0n) is 11.6. The predicted octanol–water partition coefficient (Wildman–Crippen LogP) is 1.87. The standard InChI is InChI=1S/C13H19N5S/c1-14-13-15-11(10-5-7-19-12(10)16-13)18-6-4-9(8-18)17(2)3/h5,7,9H,4,6,8H2,1-3H3,(H,14,15,16). The van der Waals surface area contributed by atoms with Crippen LogP contribution < -0.4 is 10.2 Å². The van der Waals surface area contributed by atoms with Crippen LogP contribution in [0.15, 0.2) is 11.4 Å². The van der Waals surface area contributed by atoms with E-state index in [0.717, 1.165) is 23.7 Å². The van der Waals surface area contributed by atoms with Crippen LogP contribution in [0.1, 0.15) is 6.42 Å². The van der Waals surface area contributed by atoms with Gasteiger partial charge < -0.3 is 15.1 Å². The predicted molar refractivity (Wildman–Crippen MR) is 81.3 cm³/mol. The Morgan fingerprint density at radius 3 is 2.95 bits per heavy atom. The minimum absolute atomic E-state index is 0.613. The van der Waals surface area contributed by atoms with Crippen molar-refractivity contribution < 1.29 is 0 Å². The first kappa shape index (κ1) is 12.6. The number of likely N-dealkylation sites (N-methyl/N-ethyl adjacent to an activating group) is 1. The number of thiophene rings is 1. The molecule has 1 aliphatic heterocycles. The van der Waals surface area contributed by atoms with Crippen molar-refractivity contribution in [1.82, 2.24) is 14.9 Å². The van der Waals surface area contributed by atoms with Gasteiger partial charge in [0.05, 0.1) is 5.39 Å². The fourth-order valence-corrected chi connectivity index (χ4v) is 3.31. The lowest BCUT2D eigenvalue weighted by atomic mass is 10.2. The van der Waals surface area contributed by atoms with Crippen LogP contribution in [0.25, 0.3) is 10.2 Å². The minimum atomic E-state index is 0.613. The maximum atomic E-state index is 4.66. The van der Waals surface area contributed by atoms with Gasteiger partial charge in [-0.05, 0) is 32.0 Å². The van der Waals surface area contributed by atoms with Crippen LogP contribution in [0, 0.1) is 0 Å². The van der Waals surface area contributed by atoms with Crippen LogP contribution in [0.2, 0.25) is 0 Å². The van der Waals surface area contributed by atoms with E-state index in [2.05, 4.69) is 50.6 Å². The molecule has 0 amide bonds. The minimum Gasteiger partial charge on any atom is -0.357 e. The lowest BCUT2D eigenvalue weighted by molar-refractivity contribution is 0.315. The Bertz CT molecular complexity index is 579. The maximum absolute atomic E-state index is 4.66. The molecule has 3 heterocycles. The zero-order chi connectivity index (χ0) is 13.4. The van der Waals surface area contributed by atoms with Gasteiger partial charge in [-0.1, -0.05) is 0 Å². The Morgan fingerprint density at radius 2 is 2.26 bits per heavy atom. The van der Waals surface area contributed by atoms with Crippen molar-refractivity contribution in [2.75, 3.05) is 44.4 Å². The molecule has 1 unspecified atom stereocenters. The molecule has 1 N–H and O–H groups in total. The van der Waals surface area contributed by atoms with E-state index in [4.69, 9.17) is 0 Å². The summed E-state index contributed by atoms with van der Waals surface area (Å²) in [6.07, 6.45) is 1.19. The van der Waals surface area contributed by atoms with Crippen LogP contribution in [-0.4, -0.2) is 55.1 Å². The van der Waals surface area contributed by atoms with E-state index >= 15 is 0 Å². The first-order valence-electron chi connectivity index (χ1n) is 6.53. The van der Waals surface area contributed by atoms with Crippen molar-refractivity contribution in [3.63, 3.8) is 0 Å². The smallest absolute Gasteiger partial charge is 0.225 e. The highest BCUT2D eigenvalue weighted by molar-refractivity contribution is 7.16. The van der Waals surface area contributed by atoms with Gasteiger partial charge in [-0.3, -0.25) is 0 Å². The van der Waals surface area contributed by atoms with Crippen molar-refractivity contribution in [3.8, 4) is 0 Å². The lowest BCUT2D eigenvalue weighted by Gasteiger charge is -2.21. The average molecular weight is 277 g/mol. The zero-order valence-corrected chi connectivity index (χ0v) is 12.4. The normalized spacial score (nSPS) is 19.6. The molecule has 1 atom stereocenters. The summed E-state index contributed by atoms with van der Waals surface area (Å²) in [5, 5.41) is 6.31. The quantitative estimate of drug-likeness (QED) is 0.928. The molecular weight excluding hydrogens is 258 g/mol. The summed E-state index contributed by atoms with van der Waals surface area (Å²) in [4.78, 5) is 14.9. The second-order valence-corrected chi connectivity index (χ2v) is 6.01. The van der Waals surface area contributed by atoms with E-state index < -0.39 is 0 Å². The van der Waals surface area contributed by atoms with E-state index in [1.165, 1.54) is 11.8 Å². The van der Waals surface area contributed by atoms with Gasteiger partial charge in [0.15, 0.2) is 0 Å². The molecule has 2 aromatic rings. The number of fused-ring (bicyclic) bond motifs is 1. The third kappa shape index (κ3) is 2.26. The Morgan fingerprint density at radius 1 is 1.42 bits per heavy atom. The molecule has 102 valence electrons. The molecule has 0 saturated carbocycles. The molecule has 0 spiro atoms. The van der Waals surface area contributed by atoms with Crippen LogP contribution in [-0.2, 0) is 0 Å². The van der Waals surface area contributed by atoms with Crippen LogP contribution >= 0.6 is 11.3 Å². The fourth-order valence-electron chi connectivity index (χ4n) is 2.55. The van der Waals surface area contributed by atoms with Crippen LogP contribution in [0.3, 0.4) is 0 Å². The number of anilines is 2. The van der Waals surface area contributed by atoms with E-state index in [-0.39, 0.29) is 0 Å². The lowest BCUT2D eigenvalue weighted by Crippen LogP contribution is -2.31. The third-order valence-electron chi connectivity index (χ3n) is 3.72. The van der Waals surface area contributed by atoms with Crippen LogP contribution in [0.5, 0.6) is 0 Å². The number of nitrogens with zero attached hydrogens (tertiary/aromatic N) is 4. The molecule has 1 aliphatic rings. The van der Waals surface area contributed by atoms with Gasteiger partial charge in [0.1, 0.15) is 10.6 Å². The van der Waals surface area contributed by atoms with E-state index in [9.17, 15) is 0 Å². The van der Waals surface area contributed by atoms with Gasteiger partial charge in [-0.25, -0.2) is 4.98 Å². The second-order valence-electron chi connectivity index (χ2n) is 5.11. The SMILES string of the molecule is CNc1nc(N2CCC(N(C)C)C2)c2ccsc2n1. The second kappa shape index (κ2) is 4.94. The molecule has 0 aliphatic carbocycles. The first-order valence-corrected chi connectivity index (χ1v) is 7.41. The number of hydrogen-bond donors (Lipinski definition) is 1. The summed E-state index contributed by atoms with van der Waals surface area (Å²) >= 11 is 1.67. The molecular formula is C13H19N5S. The van der Waals surface area contributed by atoms with E-state index in [1.807, 2.05) is 7.05 Å². The largest absolute Gasteiger partial charge is 0.357 e. The molecule has 0 aromatic carbocycles. The highest BCUT2D eigenvalue weighted by atomic mass is 32.1.